The van der Waals surface area contributed by atoms with Crippen molar-refractivity contribution < 1.29 is 14.3 Å². The van der Waals surface area contributed by atoms with Crippen molar-refractivity contribution in [2.75, 3.05) is 26.2 Å². The second-order valence-corrected chi connectivity index (χ2v) is 12.9. The van der Waals surface area contributed by atoms with Crippen molar-refractivity contribution in [2.45, 2.75) is 65.9 Å². The quantitative estimate of drug-likeness (QED) is 0.345. The Labute approximate surface area is 230 Å². The lowest BCUT2D eigenvalue weighted by atomic mass is 9.83. The molecule has 2 heterocycles. The third kappa shape index (κ3) is 8.78. The highest BCUT2D eigenvalue weighted by Gasteiger charge is 2.36. The van der Waals surface area contributed by atoms with Crippen LogP contribution in [0, 0.1) is 29.6 Å². The lowest BCUT2D eigenvalue weighted by Gasteiger charge is -2.37. The van der Waals surface area contributed by atoms with E-state index in [0.717, 1.165) is 11.1 Å². The van der Waals surface area contributed by atoms with Crippen molar-refractivity contribution in [3.63, 3.8) is 0 Å². The zero-order valence-electron chi connectivity index (χ0n) is 23.4. The van der Waals surface area contributed by atoms with Gasteiger partial charge in [0.15, 0.2) is 0 Å². The van der Waals surface area contributed by atoms with E-state index in [-0.39, 0.29) is 46.8 Å². The number of piperidine rings is 1. The molecule has 38 heavy (non-hydrogen) atoms. The molecular formula is C30H40N4O3S. The van der Waals surface area contributed by atoms with E-state index in [0.29, 0.717) is 37.5 Å². The van der Waals surface area contributed by atoms with Gasteiger partial charge in [0.1, 0.15) is 16.6 Å². The third-order valence-electron chi connectivity index (χ3n) is 6.61. The van der Waals surface area contributed by atoms with Gasteiger partial charge in [-0.25, -0.2) is 4.98 Å². The van der Waals surface area contributed by atoms with Gasteiger partial charge in [-0.05, 0) is 50.7 Å². The number of likely N-dealkylation sites (tertiary alicyclic amines) is 1. The summed E-state index contributed by atoms with van der Waals surface area (Å²) in [6.07, 6.45) is 4.49. The van der Waals surface area contributed by atoms with Crippen LogP contribution in [0.5, 0.6) is 0 Å². The van der Waals surface area contributed by atoms with Crippen molar-refractivity contribution in [3.05, 3.63) is 57.6 Å². The van der Waals surface area contributed by atoms with Gasteiger partial charge >= 0.3 is 0 Å². The standard InChI is InChI=1S/C30H40N4O3S/c1-21-8-7-9-22(14-21)24-15-25(27(35)33-11-10-30(5,6)37-20-29(2,3)4)19-34(18-24)28(36)23(17-31)16-26-32-12-13-38-26/h7-9,12-14,16,24-25H,10-11,15,18-20H2,1-6H3,(H,33,35)/b23-16+. The molecule has 0 saturated carbocycles. The zero-order chi connectivity index (χ0) is 27.9. The second-order valence-electron chi connectivity index (χ2n) is 11.9. The molecule has 0 bridgehead atoms. The van der Waals surface area contributed by atoms with Crippen LogP contribution in [0.2, 0.25) is 0 Å². The number of aryl methyl sites for hydroxylation is 1. The van der Waals surface area contributed by atoms with E-state index < -0.39 is 0 Å². The average molecular weight is 537 g/mol. The number of hydrogen-bond donors (Lipinski definition) is 1. The minimum absolute atomic E-state index is 0.00489. The van der Waals surface area contributed by atoms with E-state index in [1.54, 1.807) is 16.5 Å². The molecule has 1 N–H and O–H groups in total. The molecule has 1 aliphatic heterocycles. The molecule has 2 amide bonds. The highest BCUT2D eigenvalue weighted by atomic mass is 32.1. The van der Waals surface area contributed by atoms with Gasteiger partial charge in [-0.3, -0.25) is 9.59 Å². The van der Waals surface area contributed by atoms with Crippen LogP contribution in [-0.4, -0.2) is 53.5 Å². The van der Waals surface area contributed by atoms with Crippen LogP contribution >= 0.6 is 11.3 Å². The van der Waals surface area contributed by atoms with Crippen LogP contribution in [0.4, 0.5) is 0 Å². The number of hydrogen-bond acceptors (Lipinski definition) is 6. The molecule has 204 valence electrons. The fraction of sp³-hybridized carbons (Fsp3) is 0.533. The summed E-state index contributed by atoms with van der Waals surface area (Å²) >= 11 is 1.37. The molecule has 1 aromatic heterocycles. The number of nitriles is 1. The average Bonchev–Trinajstić information content (AvgIpc) is 3.38. The van der Waals surface area contributed by atoms with Gasteiger partial charge < -0.3 is 15.0 Å². The summed E-state index contributed by atoms with van der Waals surface area (Å²) < 4.78 is 6.09. The van der Waals surface area contributed by atoms with Gasteiger partial charge in [0.25, 0.3) is 5.91 Å². The van der Waals surface area contributed by atoms with E-state index in [2.05, 4.69) is 37.1 Å². The number of rotatable bonds is 9. The van der Waals surface area contributed by atoms with Gasteiger partial charge in [-0.1, -0.05) is 50.6 Å². The fourth-order valence-corrected chi connectivity index (χ4v) is 5.05. The number of nitrogens with zero attached hydrogens (tertiary/aromatic N) is 3. The first kappa shape index (κ1) is 29.5. The summed E-state index contributed by atoms with van der Waals surface area (Å²) in [6.45, 7) is 14.4. The summed E-state index contributed by atoms with van der Waals surface area (Å²) in [4.78, 5) is 32.6. The predicted octanol–water partition coefficient (Wildman–Crippen LogP) is 5.34. The van der Waals surface area contributed by atoms with E-state index in [9.17, 15) is 14.9 Å². The van der Waals surface area contributed by atoms with E-state index in [1.165, 1.54) is 17.4 Å². The Morgan fingerprint density at radius 1 is 1.26 bits per heavy atom. The Balaban J connectivity index is 1.73. The Bertz CT molecular complexity index is 1170. The normalized spacial score (nSPS) is 18.7. The lowest BCUT2D eigenvalue weighted by Crippen LogP contribution is -2.48. The van der Waals surface area contributed by atoms with Gasteiger partial charge in [0, 0.05) is 37.1 Å². The second kappa shape index (κ2) is 12.7. The topological polar surface area (TPSA) is 95.3 Å². The van der Waals surface area contributed by atoms with Crippen molar-refractivity contribution in [3.8, 4) is 6.07 Å². The highest BCUT2D eigenvalue weighted by molar-refractivity contribution is 7.10. The van der Waals surface area contributed by atoms with Crippen LogP contribution in [0.25, 0.3) is 6.08 Å². The maximum absolute atomic E-state index is 13.4. The first-order valence-electron chi connectivity index (χ1n) is 13.2. The zero-order valence-corrected chi connectivity index (χ0v) is 24.2. The maximum atomic E-state index is 13.4. The Morgan fingerprint density at radius 2 is 2.03 bits per heavy atom. The van der Waals surface area contributed by atoms with Crippen LogP contribution in [0.3, 0.4) is 0 Å². The van der Waals surface area contributed by atoms with Crippen molar-refractivity contribution >= 4 is 29.2 Å². The summed E-state index contributed by atoms with van der Waals surface area (Å²) in [5, 5.41) is 15.2. The van der Waals surface area contributed by atoms with Gasteiger partial charge in [-0.2, -0.15) is 5.26 Å². The molecule has 2 atom stereocenters. The van der Waals surface area contributed by atoms with Crippen LogP contribution in [0.1, 0.15) is 69.5 Å². The minimum Gasteiger partial charge on any atom is -0.375 e. The van der Waals surface area contributed by atoms with E-state index >= 15 is 0 Å². The largest absolute Gasteiger partial charge is 0.375 e. The SMILES string of the molecule is Cc1cccc(C2CC(C(=O)NCCC(C)(C)OCC(C)(C)C)CN(C(=O)/C(C#N)=C/c3nccs3)C2)c1. The molecule has 2 unspecified atom stereocenters. The van der Waals surface area contributed by atoms with Crippen LogP contribution in [0.15, 0.2) is 41.4 Å². The number of aromatic nitrogens is 1. The molecule has 8 heteroatoms. The first-order chi connectivity index (χ1) is 17.9. The molecule has 3 rings (SSSR count). The van der Waals surface area contributed by atoms with E-state index in [4.69, 9.17) is 4.74 Å². The molecular weight excluding hydrogens is 496 g/mol. The minimum atomic E-state index is -0.378. The first-order valence-corrected chi connectivity index (χ1v) is 14.0. The highest BCUT2D eigenvalue weighted by Crippen LogP contribution is 2.32. The number of nitrogens with one attached hydrogen (secondary N) is 1. The maximum Gasteiger partial charge on any atom is 0.264 e. The molecule has 1 aromatic carbocycles. The van der Waals surface area contributed by atoms with Gasteiger partial charge in [0.2, 0.25) is 5.91 Å². The number of carbonyl (C=O) groups excluding carboxylic acids is 2. The van der Waals surface area contributed by atoms with Crippen LogP contribution in [-0.2, 0) is 14.3 Å². The van der Waals surface area contributed by atoms with Crippen molar-refractivity contribution in [1.82, 2.24) is 15.2 Å². The fourth-order valence-electron chi connectivity index (χ4n) is 4.48. The summed E-state index contributed by atoms with van der Waals surface area (Å²) in [6, 6.07) is 10.2. The summed E-state index contributed by atoms with van der Waals surface area (Å²) in [5.41, 5.74) is 1.97. The van der Waals surface area contributed by atoms with Gasteiger partial charge in [0.05, 0.1) is 18.1 Å². The third-order valence-corrected chi connectivity index (χ3v) is 7.34. The summed E-state index contributed by atoms with van der Waals surface area (Å²) in [5.74, 6) is -0.824. The Kier molecular flexibility index (Phi) is 9.86. The molecule has 1 aliphatic rings. The van der Waals surface area contributed by atoms with E-state index in [1.807, 2.05) is 45.0 Å². The number of amides is 2. The number of thiazole rings is 1. The van der Waals surface area contributed by atoms with Crippen LogP contribution < -0.4 is 5.32 Å². The molecule has 7 nitrogen and oxygen atoms in total. The smallest absolute Gasteiger partial charge is 0.264 e. The monoisotopic (exact) mass is 536 g/mol. The molecule has 0 spiro atoms. The predicted molar refractivity (Wildman–Crippen MR) is 151 cm³/mol. The lowest BCUT2D eigenvalue weighted by molar-refractivity contribution is -0.133. The Hall–Kier alpha value is -3.02. The van der Waals surface area contributed by atoms with Crippen molar-refractivity contribution in [2.24, 2.45) is 11.3 Å². The Morgan fingerprint density at radius 3 is 2.66 bits per heavy atom. The van der Waals surface area contributed by atoms with Crippen molar-refractivity contribution in [1.29, 1.82) is 5.26 Å². The molecule has 0 radical (unpaired) electrons. The molecule has 1 saturated heterocycles. The number of ether oxygens (including phenoxy) is 1. The van der Waals surface area contributed by atoms with Gasteiger partial charge in [-0.15, -0.1) is 11.3 Å². The number of carbonyl (C=O) groups is 2. The summed E-state index contributed by atoms with van der Waals surface area (Å²) in [7, 11) is 0. The molecule has 1 fully saturated rings. The molecule has 0 aliphatic carbocycles. The number of benzene rings is 1. The molecule has 2 aromatic rings.